The molecule has 1 aromatic carbocycles. The Morgan fingerprint density at radius 2 is 1.88 bits per heavy atom. The number of nitrogens with zero attached hydrogens (tertiary/aromatic N) is 3. The van der Waals surface area contributed by atoms with Crippen molar-refractivity contribution >= 4 is 5.82 Å². The molecule has 2 rings (SSSR count). The standard InChI is InChI=1S/C18H22N4O3/c1-12(2)25-11-14-7-5-6-13(8-14)10-20-16-15(9-19)17(23)22(4)18(24)21(16)3/h5-8,12,20H,10-11H2,1-4H3. The van der Waals surface area contributed by atoms with Crippen molar-refractivity contribution < 1.29 is 4.74 Å². The fourth-order valence-electron chi connectivity index (χ4n) is 2.43. The van der Waals surface area contributed by atoms with Crippen LogP contribution in [0.2, 0.25) is 0 Å². The molecule has 1 N–H and O–H groups in total. The zero-order valence-corrected chi connectivity index (χ0v) is 14.9. The molecule has 0 amide bonds. The van der Waals surface area contributed by atoms with Crippen LogP contribution in [0.1, 0.15) is 30.5 Å². The van der Waals surface area contributed by atoms with Gasteiger partial charge in [-0.25, -0.2) is 4.79 Å². The van der Waals surface area contributed by atoms with Gasteiger partial charge in [-0.3, -0.25) is 13.9 Å². The van der Waals surface area contributed by atoms with Crippen LogP contribution in [0.5, 0.6) is 0 Å². The predicted octanol–water partition coefficient (Wildman–Crippen LogP) is 1.49. The van der Waals surface area contributed by atoms with E-state index in [1.54, 1.807) is 0 Å². The van der Waals surface area contributed by atoms with E-state index in [1.165, 1.54) is 18.7 Å². The molecule has 0 radical (unpaired) electrons. The van der Waals surface area contributed by atoms with Crippen molar-refractivity contribution in [2.24, 2.45) is 14.1 Å². The summed E-state index contributed by atoms with van der Waals surface area (Å²) in [5.74, 6) is 0.222. The van der Waals surface area contributed by atoms with Crippen molar-refractivity contribution in [2.45, 2.75) is 33.1 Å². The molecule has 0 fully saturated rings. The Morgan fingerprint density at radius 3 is 2.52 bits per heavy atom. The molecule has 1 aromatic heterocycles. The van der Waals surface area contributed by atoms with Gasteiger partial charge in [0, 0.05) is 20.6 Å². The highest BCUT2D eigenvalue weighted by atomic mass is 16.5. The van der Waals surface area contributed by atoms with Crippen LogP contribution in [-0.2, 0) is 32.0 Å². The maximum absolute atomic E-state index is 12.1. The summed E-state index contributed by atoms with van der Waals surface area (Å²) in [6.45, 7) is 4.85. The van der Waals surface area contributed by atoms with Gasteiger partial charge in [-0.1, -0.05) is 24.3 Å². The second-order valence-corrected chi connectivity index (χ2v) is 6.07. The molecule has 2 aromatic rings. The van der Waals surface area contributed by atoms with Crippen molar-refractivity contribution in [1.82, 2.24) is 9.13 Å². The van der Waals surface area contributed by atoms with Gasteiger partial charge in [0.1, 0.15) is 11.9 Å². The van der Waals surface area contributed by atoms with Crippen LogP contribution >= 0.6 is 0 Å². The molecule has 0 saturated carbocycles. The molecule has 0 bridgehead atoms. The van der Waals surface area contributed by atoms with E-state index in [4.69, 9.17) is 4.74 Å². The summed E-state index contributed by atoms with van der Waals surface area (Å²) in [4.78, 5) is 24.1. The SMILES string of the molecule is CC(C)OCc1cccc(CNc2c(C#N)c(=O)n(C)c(=O)n2C)c1. The van der Waals surface area contributed by atoms with Gasteiger partial charge < -0.3 is 10.1 Å². The second kappa shape index (κ2) is 7.81. The van der Waals surface area contributed by atoms with Crippen LogP contribution in [-0.4, -0.2) is 15.2 Å². The quantitative estimate of drug-likeness (QED) is 0.859. The van der Waals surface area contributed by atoms with Gasteiger partial charge in [-0.15, -0.1) is 0 Å². The summed E-state index contributed by atoms with van der Waals surface area (Å²) in [5.41, 5.74) is 0.829. The highest BCUT2D eigenvalue weighted by Crippen LogP contribution is 2.12. The monoisotopic (exact) mass is 342 g/mol. The van der Waals surface area contributed by atoms with Gasteiger partial charge in [0.25, 0.3) is 5.56 Å². The lowest BCUT2D eigenvalue weighted by Gasteiger charge is -2.14. The van der Waals surface area contributed by atoms with Gasteiger partial charge >= 0.3 is 5.69 Å². The Kier molecular flexibility index (Phi) is 5.78. The number of ether oxygens (including phenoxy) is 1. The summed E-state index contributed by atoms with van der Waals surface area (Å²) in [5, 5.41) is 12.3. The summed E-state index contributed by atoms with van der Waals surface area (Å²) in [6.07, 6.45) is 0.148. The Morgan fingerprint density at radius 1 is 1.20 bits per heavy atom. The van der Waals surface area contributed by atoms with Crippen molar-refractivity contribution in [3.63, 3.8) is 0 Å². The van der Waals surface area contributed by atoms with E-state index in [9.17, 15) is 14.9 Å². The molecule has 0 atom stereocenters. The van der Waals surface area contributed by atoms with E-state index in [-0.39, 0.29) is 17.5 Å². The molecule has 0 aliphatic heterocycles. The molecular formula is C18H22N4O3. The summed E-state index contributed by atoms with van der Waals surface area (Å²) < 4.78 is 7.79. The Balaban J connectivity index is 2.25. The molecule has 0 spiro atoms. The van der Waals surface area contributed by atoms with E-state index in [1.807, 2.05) is 44.2 Å². The summed E-state index contributed by atoms with van der Waals surface area (Å²) >= 11 is 0. The van der Waals surface area contributed by atoms with E-state index >= 15 is 0 Å². The van der Waals surface area contributed by atoms with Gasteiger partial charge in [-0.2, -0.15) is 5.26 Å². The molecule has 7 heteroatoms. The molecule has 25 heavy (non-hydrogen) atoms. The van der Waals surface area contributed by atoms with Crippen LogP contribution in [0, 0.1) is 11.3 Å². The average molecular weight is 342 g/mol. The topological polar surface area (TPSA) is 89.1 Å². The molecule has 1 heterocycles. The highest BCUT2D eigenvalue weighted by Gasteiger charge is 2.15. The van der Waals surface area contributed by atoms with Crippen LogP contribution in [0.25, 0.3) is 0 Å². The molecule has 0 saturated heterocycles. The number of aromatic nitrogens is 2. The molecule has 132 valence electrons. The maximum Gasteiger partial charge on any atom is 0.332 e. The third kappa shape index (κ3) is 4.17. The minimum Gasteiger partial charge on any atom is -0.374 e. The van der Waals surface area contributed by atoms with Crippen molar-refractivity contribution in [2.75, 3.05) is 5.32 Å². The summed E-state index contributed by atoms with van der Waals surface area (Å²) in [7, 11) is 2.88. The number of hydrogen-bond acceptors (Lipinski definition) is 5. The number of anilines is 1. The summed E-state index contributed by atoms with van der Waals surface area (Å²) in [6, 6.07) is 9.69. The lowest BCUT2D eigenvalue weighted by atomic mass is 10.1. The molecular weight excluding hydrogens is 320 g/mol. The first kappa shape index (κ1) is 18.5. The second-order valence-electron chi connectivity index (χ2n) is 6.07. The van der Waals surface area contributed by atoms with Crippen LogP contribution in [0.3, 0.4) is 0 Å². The Hall–Kier alpha value is -2.85. The van der Waals surface area contributed by atoms with Crippen LogP contribution in [0.4, 0.5) is 5.82 Å². The van der Waals surface area contributed by atoms with Crippen LogP contribution < -0.4 is 16.6 Å². The molecule has 0 unspecified atom stereocenters. The minimum atomic E-state index is -0.604. The number of benzene rings is 1. The van der Waals surface area contributed by atoms with Gasteiger partial charge in [0.2, 0.25) is 0 Å². The normalized spacial score (nSPS) is 10.7. The highest BCUT2D eigenvalue weighted by molar-refractivity contribution is 5.51. The lowest BCUT2D eigenvalue weighted by Crippen LogP contribution is -2.39. The van der Waals surface area contributed by atoms with E-state index < -0.39 is 11.2 Å². The minimum absolute atomic E-state index is 0.0797. The Labute approximate surface area is 146 Å². The van der Waals surface area contributed by atoms with Crippen molar-refractivity contribution in [3.8, 4) is 6.07 Å². The maximum atomic E-state index is 12.1. The van der Waals surface area contributed by atoms with E-state index in [0.29, 0.717) is 13.2 Å². The average Bonchev–Trinajstić information content (AvgIpc) is 2.60. The van der Waals surface area contributed by atoms with Gasteiger partial charge in [0.05, 0.1) is 12.7 Å². The third-order valence-corrected chi connectivity index (χ3v) is 3.81. The van der Waals surface area contributed by atoms with Gasteiger partial charge in [0.15, 0.2) is 5.56 Å². The molecule has 7 nitrogen and oxygen atoms in total. The first-order valence-corrected chi connectivity index (χ1v) is 7.98. The van der Waals surface area contributed by atoms with Crippen molar-refractivity contribution in [1.29, 1.82) is 5.26 Å². The molecule has 0 aliphatic carbocycles. The zero-order valence-electron chi connectivity index (χ0n) is 14.9. The fraction of sp³-hybridized carbons (Fsp3) is 0.389. The van der Waals surface area contributed by atoms with Gasteiger partial charge in [-0.05, 0) is 25.0 Å². The predicted molar refractivity (Wildman–Crippen MR) is 95.3 cm³/mol. The first-order chi connectivity index (χ1) is 11.8. The lowest BCUT2D eigenvalue weighted by molar-refractivity contribution is 0.0657. The number of rotatable bonds is 6. The smallest absolute Gasteiger partial charge is 0.332 e. The van der Waals surface area contributed by atoms with Crippen LogP contribution in [0.15, 0.2) is 33.9 Å². The van der Waals surface area contributed by atoms with Crippen molar-refractivity contribution in [3.05, 3.63) is 61.8 Å². The molecule has 0 aliphatic rings. The third-order valence-electron chi connectivity index (χ3n) is 3.81. The first-order valence-electron chi connectivity index (χ1n) is 7.98. The Bertz CT molecular complexity index is 919. The number of nitrogens with one attached hydrogen (secondary N) is 1. The van der Waals surface area contributed by atoms with E-state index in [2.05, 4.69) is 5.32 Å². The largest absolute Gasteiger partial charge is 0.374 e. The van der Waals surface area contributed by atoms with E-state index in [0.717, 1.165) is 15.7 Å². The zero-order chi connectivity index (χ0) is 18.6. The number of hydrogen-bond donors (Lipinski definition) is 1. The fourth-order valence-corrected chi connectivity index (χ4v) is 2.43. The number of nitriles is 1.